The topological polar surface area (TPSA) is 58.4 Å². The van der Waals surface area contributed by atoms with Crippen LogP contribution in [-0.2, 0) is 6.54 Å². The van der Waals surface area contributed by atoms with Gasteiger partial charge in [0.2, 0.25) is 5.91 Å². The highest BCUT2D eigenvalue weighted by Crippen LogP contribution is 2.11. The molecule has 1 amide bonds. The third-order valence-electron chi connectivity index (χ3n) is 3.28. The molecule has 0 heterocycles. The predicted molar refractivity (Wildman–Crippen MR) is 79.2 cm³/mol. The Morgan fingerprint density at radius 3 is 2.63 bits per heavy atom. The molecule has 0 spiro atoms. The van der Waals surface area contributed by atoms with Crippen molar-refractivity contribution in [1.29, 1.82) is 0 Å². The molecule has 4 nitrogen and oxygen atoms in total. The van der Waals surface area contributed by atoms with E-state index in [0.29, 0.717) is 11.6 Å². The molecule has 0 aliphatic carbocycles. The summed E-state index contributed by atoms with van der Waals surface area (Å²) in [5.41, 5.74) is 8.15. The van der Waals surface area contributed by atoms with Gasteiger partial charge in [-0.25, -0.2) is 0 Å². The van der Waals surface area contributed by atoms with E-state index in [-0.39, 0.29) is 5.91 Å². The van der Waals surface area contributed by atoms with Crippen molar-refractivity contribution < 1.29 is 4.79 Å². The maximum atomic E-state index is 11.1. The first kappa shape index (κ1) is 15.7. The number of nitrogens with two attached hydrogens (primary N) is 1. The van der Waals surface area contributed by atoms with E-state index >= 15 is 0 Å². The van der Waals surface area contributed by atoms with Gasteiger partial charge in [0.25, 0.3) is 0 Å². The first-order valence-electron chi connectivity index (χ1n) is 6.67. The Balaban J connectivity index is 2.51. The van der Waals surface area contributed by atoms with Crippen molar-refractivity contribution in [2.24, 2.45) is 5.73 Å². The summed E-state index contributed by atoms with van der Waals surface area (Å²) in [5.74, 6) is -0.373. The lowest BCUT2D eigenvalue weighted by Gasteiger charge is -2.17. The summed E-state index contributed by atoms with van der Waals surface area (Å²) in [6.07, 6.45) is 1.12. The van der Waals surface area contributed by atoms with E-state index in [1.54, 1.807) is 6.07 Å². The zero-order valence-corrected chi connectivity index (χ0v) is 12.4. The molecule has 0 fully saturated rings. The molecule has 0 aromatic heterocycles. The molecule has 1 aromatic rings. The van der Waals surface area contributed by atoms with Crippen LogP contribution in [0.15, 0.2) is 18.2 Å². The number of nitrogens with one attached hydrogen (secondary N) is 1. The van der Waals surface area contributed by atoms with Gasteiger partial charge in [0.1, 0.15) is 0 Å². The summed E-state index contributed by atoms with van der Waals surface area (Å²) in [5, 5.41) is 3.50. The Bertz CT molecular complexity index is 429. The second-order valence-electron chi connectivity index (χ2n) is 5.38. The minimum atomic E-state index is -0.373. The first-order valence-corrected chi connectivity index (χ1v) is 6.67. The molecule has 0 aliphatic rings. The summed E-state index contributed by atoms with van der Waals surface area (Å²) >= 11 is 0. The molecule has 1 rings (SSSR count). The number of carbonyl (C=O) groups excluding carboxylic acids is 1. The molecule has 106 valence electrons. The molecule has 3 N–H and O–H groups in total. The van der Waals surface area contributed by atoms with Crippen LogP contribution in [-0.4, -0.2) is 37.5 Å². The Kier molecular flexibility index (Phi) is 5.99. The van der Waals surface area contributed by atoms with E-state index in [1.165, 1.54) is 5.56 Å². The van der Waals surface area contributed by atoms with E-state index in [2.05, 4.69) is 31.2 Å². The highest BCUT2D eigenvalue weighted by Gasteiger charge is 2.06. The van der Waals surface area contributed by atoms with Gasteiger partial charge in [-0.15, -0.1) is 0 Å². The molecule has 19 heavy (non-hydrogen) atoms. The quantitative estimate of drug-likeness (QED) is 0.784. The van der Waals surface area contributed by atoms with Crippen LogP contribution < -0.4 is 11.1 Å². The molecule has 1 aromatic carbocycles. The Morgan fingerprint density at radius 2 is 2.11 bits per heavy atom. The average Bonchev–Trinajstić information content (AvgIpc) is 2.34. The standard InChI is InChI=1S/C15H25N3O/c1-11-9-13(15(16)19)5-6-14(11)10-17-12(2)7-8-18(3)4/h5-6,9,12,17H,7-8,10H2,1-4H3,(H2,16,19). The highest BCUT2D eigenvalue weighted by molar-refractivity contribution is 5.93. The van der Waals surface area contributed by atoms with E-state index in [9.17, 15) is 4.79 Å². The number of carbonyl (C=O) groups is 1. The van der Waals surface area contributed by atoms with Crippen molar-refractivity contribution in [1.82, 2.24) is 10.2 Å². The van der Waals surface area contributed by atoms with Crippen LogP contribution in [0.25, 0.3) is 0 Å². The highest BCUT2D eigenvalue weighted by atomic mass is 16.1. The van der Waals surface area contributed by atoms with Crippen LogP contribution in [0.1, 0.15) is 34.8 Å². The van der Waals surface area contributed by atoms with Gasteiger partial charge in [-0.05, 0) is 64.2 Å². The molecule has 0 radical (unpaired) electrons. The average molecular weight is 263 g/mol. The van der Waals surface area contributed by atoms with Crippen LogP contribution in [0.2, 0.25) is 0 Å². The molecule has 1 atom stereocenters. The lowest BCUT2D eigenvalue weighted by Crippen LogP contribution is -2.29. The molecule has 0 saturated carbocycles. The number of hydrogen-bond acceptors (Lipinski definition) is 3. The Hall–Kier alpha value is -1.39. The lowest BCUT2D eigenvalue weighted by molar-refractivity contribution is 0.1000. The van der Waals surface area contributed by atoms with Gasteiger partial charge in [0.15, 0.2) is 0 Å². The third-order valence-corrected chi connectivity index (χ3v) is 3.28. The summed E-state index contributed by atoms with van der Waals surface area (Å²) in [4.78, 5) is 13.3. The first-order chi connectivity index (χ1) is 8.90. The zero-order chi connectivity index (χ0) is 14.4. The van der Waals surface area contributed by atoms with Gasteiger partial charge in [0.05, 0.1) is 0 Å². The molecule has 1 unspecified atom stereocenters. The van der Waals surface area contributed by atoms with Crippen molar-refractivity contribution in [3.05, 3.63) is 34.9 Å². The smallest absolute Gasteiger partial charge is 0.248 e. The Morgan fingerprint density at radius 1 is 1.42 bits per heavy atom. The number of rotatable bonds is 7. The zero-order valence-electron chi connectivity index (χ0n) is 12.4. The fraction of sp³-hybridized carbons (Fsp3) is 0.533. The van der Waals surface area contributed by atoms with E-state index < -0.39 is 0 Å². The number of primary amides is 1. The van der Waals surface area contributed by atoms with Gasteiger partial charge in [-0.3, -0.25) is 4.79 Å². The van der Waals surface area contributed by atoms with Gasteiger partial charge < -0.3 is 16.0 Å². The minimum Gasteiger partial charge on any atom is -0.366 e. The van der Waals surface area contributed by atoms with Gasteiger partial charge in [-0.1, -0.05) is 6.07 Å². The largest absolute Gasteiger partial charge is 0.366 e. The number of amides is 1. The van der Waals surface area contributed by atoms with Gasteiger partial charge in [-0.2, -0.15) is 0 Å². The van der Waals surface area contributed by atoms with Crippen LogP contribution >= 0.6 is 0 Å². The second kappa shape index (κ2) is 7.26. The lowest BCUT2D eigenvalue weighted by atomic mass is 10.0. The summed E-state index contributed by atoms with van der Waals surface area (Å²) in [6, 6.07) is 6.08. The molecule has 0 aliphatic heterocycles. The summed E-state index contributed by atoms with van der Waals surface area (Å²) in [6.45, 7) is 6.10. The normalized spacial score (nSPS) is 12.7. The maximum Gasteiger partial charge on any atom is 0.248 e. The molecule has 4 heteroatoms. The summed E-state index contributed by atoms with van der Waals surface area (Å²) < 4.78 is 0. The number of benzene rings is 1. The van der Waals surface area contributed by atoms with Crippen LogP contribution in [0.5, 0.6) is 0 Å². The number of hydrogen-bond donors (Lipinski definition) is 2. The molecular formula is C15H25N3O. The summed E-state index contributed by atoms with van der Waals surface area (Å²) in [7, 11) is 4.17. The third kappa shape index (κ3) is 5.41. The molecular weight excluding hydrogens is 238 g/mol. The minimum absolute atomic E-state index is 0.373. The second-order valence-corrected chi connectivity index (χ2v) is 5.38. The maximum absolute atomic E-state index is 11.1. The number of nitrogens with zero attached hydrogens (tertiary/aromatic N) is 1. The Labute approximate surface area is 116 Å². The van der Waals surface area contributed by atoms with Crippen molar-refractivity contribution >= 4 is 5.91 Å². The van der Waals surface area contributed by atoms with E-state index in [0.717, 1.165) is 25.1 Å². The fourth-order valence-corrected chi connectivity index (χ4v) is 1.89. The van der Waals surface area contributed by atoms with Crippen LogP contribution in [0.3, 0.4) is 0 Å². The van der Waals surface area contributed by atoms with Gasteiger partial charge in [0, 0.05) is 18.2 Å². The monoisotopic (exact) mass is 263 g/mol. The van der Waals surface area contributed by atoms with Crippen molar-refractivity contribution in [2.75, 3.05) is 20.6 Å². The SMILES string of the molecule is Cc1cc(C(N)=O)ccc1CNC(C)CCN(C)C. The van der Waals surface area contributed by atoms with E-state index in [1.807, 2.05) is 19.1 Å². The van der Waals surface area contributed by atoms with Crippen LogP contribution in [0, 0.1) is 6.92 Å². The van der Waals surface area contributed by atoms with Crippen molar-refractivity contribution in [3.8, 4) is 0 Å². The van der Waals surface area contributed by atoms with Crippen molar-refractivity contribution in [2.45, 2.75) is 32.9 Å². The number of aryl methyl sites for hydroxylation is 1. The van der Waals surface area contributed by atoms with E-state index in [4.69, 9.17) is 5.73 Å². The fourth-order valence-electron chi connectivity index (χ4n) is 1.89. The molecule has 0 bridgehead atoms. The van der Waals surface area contributed by atoms with Crippen molar-refractivity contribution in [3.63, 3.8) is 0 Å². The van der Waals surface area contributed by atoms with Crippen LogP contribution in [0.4, 0.5) is 0 Å². The predicted octanol–water partition coefficient (Wildman–Crippen LogP) is 1.52. The van der Waals surface area contributed by atoms with Gasteiger partial charge >= 0.3 is 0 Å². The molecule has 0 saturated heterocycles.